The fraction of sp³-hybridized carbons (Fsp3) is 0.364. The van der Waals surface area contributed by atoms with E-state index in [0.717, 1.165) is 5.47 Å². The number of carbonyl (C=O) groups is 1. The minimum absolute atomic E-state index is 0.202. The molecule has 1 radical (unpaired) electrons. The second-order valence-corrected chi connectivity index (χ2v) is 2.97. The molecule has 0 unspecified atom stereocenters. The van der Waals surface area contributed by atoms with Crippen molar-refractivity contribution in [2.24, 2.45) is 10.1 Å². The molecule has 0 atom stereocenters. The highest BCUT2D eigenvalue weighted by molar-refractivity contribution is 6.68. The van der Waals surface area contributed by atoms with E-state index in [-0.39, 0.29) is 18.0 Å². The number of ether oxygens (including phenoxy) is 1. The van der Waals surface area contributed by atoms with Gasteiger partial charge in [-0.25, -0.2) is 4.79 Å². The number of hydrogen-bond donors (Lipinski definition) is 1. The van der Waals surface area contributed by atoms with Gasteiger partial charge in [-0.3, -0.25) is 4.99 Å². The van der Waals surface area contributed by atoms with Gasteiger partial charge in [0.1, 0.15) is 7.28 Å². The maximum Gasteiger partial charge on any atom is 0.362 e. The molecule has 0 saturated carbocycles. The molecule has 0 rings (SSSR count). The van der Waals surface area contributed by atoms with Crippen LogP contribution in [-0.4, -0.2) is 43.5 Å². The third kappa shape index (κ3) is 5.15. The molecule has 0 fully saturated rings. The first-order chi connectivity index (χ1) is 8.10. The van der Waals surface area contributed by atoms with Crippen LogP contribution in [0, 0.1) is 0 Å². The number of nitrogens with zero attached hydrogens (tertiary/aromatic N) is 2. The summed E-state index contributed by atoms with van der Waals surface area (Å²) in [6.45, 7) is 7.43. The van der Waals surface area contributed by atoms with Gasteiger partial charge in [-0.05, 0) is 13.0 Å². The van der Waals surface area contributed by atoms with Gasteiger partial charge < -0.3 is 9.94 Å². The van der Waals surface area contributed by atoms with Gasteiger partial charge in [-0.15, -0.1) is 6.58 Å². The summed E-state index contributed by atoms with van der Waals surface area (Å²) in [6.07, 6.45) is 3.20. The monoisotopic (exact) mass is 235 g/mol. The van der Waals surface area contributed by atoms with Gasteiger partial charge in [0.15, 0.2) is 0 Å². The molecule has 0 aliphatic carbocycles. The number of hydrogen-bond acceptors (Lipinski definition) is 5. The van der Waals surface area contributed by atoms with Crippen LogP contribution in [0.4, 0.5) is 0 Å². The Bertz CT molecular complexity index is 373. The Labute approximate surface area is 102 Å². The molecule has 0 saturated heterocycles. The average molecular weight is 235 g/mol. The summed E-state index contributed by atoms with van der Waals surface area (Å²) in [5.74, 6) is -0.716. The summed E-state index contributed by atoms with van der Waals surface area (Å²) in [4.78, 5) is 15.3. The Hall–Kier alpha value is -1.85. The summed E-state index contributed by atoms with van der Waals surface area (Å²) >= 11 is 0. The molecule has 17 heavy (non-hydrogen) atoms. The topological polar surface area (TPSA) is 71.2 Å². The highest BCUT2D eigenvalue weighted by Gasteiger charge is 2.17. The van der Waals surface area contributed by atoms with Crippen LogP contribution in [-0.2, 0) is 9.53 Å². The fourth-order valence-electron chi connectivity index (χ4n) is 0.938. The Morgan fingerprint density at radius 1 is 1.53 bits per heavy atom. The normalized spacial score (nSPS) is 12.6. The third-order valence-electron chi connectivity index (χ3n) is 1.88. The zero-order valence-corrected chi connectivity index (χ0v) is 10.3. The second kappa shape index (κ2) is 8.32. The fourth-order valence-corrected chi connectivity index (χ4v) is 0.938. The maximum absolute atomic E-state index is 11.4. The molecule has 0 amide bonds. The molecule has 5 nitrogen and oxygen atoms in total. The third-order valence-corrected chi connectivity index (χ3v) is 1.88. The Morgan fingerprint density at radius 2 is 2.18 bits per heavy atom. The van der Waals surface area contributed by atoms with E-state index >= 15 is 0 Å². The van der Waals surface area contributed by atoms with Gasteiger partial charge in [0.05, 0.1) is 12.3 Å². The van der Waals surface area contributed by atoms with E-state index < -0.39 is 5.97 Å². The number of oxime groups is 1. The van der Waals surface area contributed by atoms with Gasteiger partial charge in [-0.1, -0.05) is 23.5 Å². The van der Waals surface area contributed by atoms with Crippen molar-refractivity contribution in [1.82, 2.24) is 0 Å². The minimum Gasteiger partial charge on any atom is -0.461 e. The molecular weight excluding hydrogens is 219 g/mol. The first-order valence-electron chi connectivity index (χ1n) is 5.13. The summed E-state index contributed by atoms with van der Waals surface area (Å²) in [5.41, 5.74) is 0.760. The number of esters is 1. The summed E-state index contributed by atoms with van der Waals surface area (Å²) < 4.78 is 4.74. The lowest BCUT2D eigenvalue weighted by molar-refractivity contribution is -0.134. The van der Waals surface area contributed by atoms with Crippen LogP contribution in [0.25, 0.3) is 0 Å². The van der Waals surface area contributed by atoms with Crippen LogP contribution in [0.5, 0.6) is 0 Å². The first kappa shape index (κ1) is 15.2. The zero-order chi connectivity index (χ0) is 13.3. The standard InChI is InChI=1S/C11H16BN2O3/c1-5-17-11(15)10(14-16)9(13-4)7-6-8(2)12-3/h6-7,16H,2,5H2,1,3-4H3/b7-6-,13-9?,14-10-. The number of aliphatic imine (C=N–C) groups is 1. The molecule has 0 aliphatic heterocycles. The van der Waals surface area contributed by atoms with E-state index in [1.54, 1.807) is 20.3 Å². The largest absolute Gasteiger partial charge is 0.461 e. The van der Waals surface area contributed by atoms with Gasteiger partial charge in [0.2, 0.25) is 5.71 Å². The number of rotatable bonds is 6. The second-order valence-electron chi connectivity index (χ2n) is 2.97. The van der Waals surface area contributed by atoms with E-state index in [0.29, 0.717) is 0 Å². The highest BCUT2D eigenvalue weighted by Crippen LogP contribution is 1.96. The molecule has 0 spiro atoms. The van der Waals surface area contributed by atoms with Crippen molar-refractivity contribution in [2.45, 2.75) is 13.7 Å². The van der Waals surface area contributed by atoms with Crippen LogP contribution in [0.1, 0.15) is 6.92 Å². The van der Waals surface area contributed by atoms with Crippen LogP contribution in [0.3, 0.4) is 0 Å². The molecule has 0 bridgehead atoms. The van der Waals surface area contributed by atoms with Gasteiger partial charge in [-0.2, -0.15) is 0 Å². The van der Waals surface area contributed by atoms with Crippen molar-refractivity contribution in [1.29, 1.82) is 0 Å². The molecule has 1 N–H and O–H groups in total. The van der Waals surface area contributed by atoms with E-state index in [1.165, 1.54) is 13.1 Å². The van der Waals surface area contributed by atoms with Crippen molar-refractivity contribution in [3.63, 3.8) is 0 Å². The van der Waals surface area contributed by atoms with Crippen molar-refractivity contribution in [3.8, 4) is 0 Å². The predicted octanol–water partition coefficient (Wildman–Crippen LogP) is 1.27. The highest BCUT2D eigenvalue weighted by atomic mass is 16.5. The lowest BCUT2D eigenvalue weighted by Crippen LogP contribution is -2.25. The van der Waals surface area contributed by atoms with Crippen molar-refractivity contribution >= 4 is 24.7 Å². The van der Waals surface area contributed by atoms with Crippen molar-refractivity contribution < 1.29 is 14.7 Å². The van der Waals surface area contributed by atoms with E-state index in [9.17, 15) is 4.79 Å². The molecule has 0 heterocycles. The number of carbonyl (C=O) groups excluding carboxylic acids is 1. The Balaban J connectivity index is 4.93. The smallest absolute Gasteiger partial charge is 0.362 e. The molecular formula is C11H16BN2O3. The lowest BCUT2D eigenvalue weighted by atomic mass is 9.73. The predicted molar refractivity (Wildman–Crippen MR) is 69.1 cm³/mol. The van der Waals surface area contributed by atoms with E-state index in [2.05, 4.69) is 16.7 Å². The van der Waals surface area contributed by atoms with Crippen molar-refractivity contribution in [3.05, 3.63) is 24.2 Å². The Morgan fingerprint density at radius 3 is 2.59 bits per heavy atom. The minimum atomic E-state index is -0.716. The van der Waals surface area contributed by atoms with E-state index in [4.69, 9.17) is 9.94 Å². The lowest BCUT2D eigenvalue weighted by Gasteiger charge is -2.03. The van der Waals surface area contributed by atoms with Crippen LogP contribution in [0.15, 0.2) is 34.4 Å². The first-order valence-corrected chi connectivity index (χ1v) is 5.13. The molecule has 91 valence electrons. The SMILES string of the molecule is C=C([B]C)/C=C\C(=NC)/C(=N/O)C(=O)OCC. The van der Waals surface area contributed by atoms with Gasteiger partial charge in [0.25, 0.3) is 0 Å². The maximum atomic E-state index is 11.4. The molecule has 0 aliphatic rings. The summed E-state index contributed by atoms with van der Waals surface area (Å²) in [6, 6.07) is 0. The van der Waals surface area contributed by atoms with E-state index in [1.807, 2.05) is 6.82 Å². The summed E-state index contributed by atoms with van der Waals surface area (Å²) in [5, 5.41) is 11.7. The van der Waals surface area contributed by atoms with Crippen molar-refractivity contribution in [2.75, 3.05) is 13.7 Å². The Kier molecular flexibility index (Phi) is 7.42. The van der Waals surface area contributed by atoms with Gasteiger partial charge >= 0.3 is 5.97 Å². The van der Waals surface area contributed by atoms with Crippen LogP contribution in [0.2, 0.25) is 6.82 Å². The molecule has 6 heteroatoms. The quantitative estimate of drug-likeness (QED) is 0.188. The summed E-state index contributed by atoms with van der Waals surface area (Å²) in [7, 11) is 3.28. The van der Waals surface area contributed by atoms with Gasteiger partial charge in [0, 0.05) is 7.05 Å². The number of allylic oxidation sites excluding steroid dienone is 3. The molecule has 0 aromatic carbocycles. The van der Waals surface area contributed by atoms with Crippen LogP contribution < -0.4 is 0 Å². The molecule has 0 aromatic rings. The zero-order valence-electron chi connectivity index (χ0n) is 10.3. The average Bonchev–Trinajstić information content (AvgIpc) is 2.33. The molecule has 0 aromatic heterocycles. The van der Waals surface area contributed by atoms with Crippen LogP contribution >= 0.6 is 0 Å².